The molecule has 0 bridgehead atoms. The summed E-state index contributed by atoms with van der Waals surface area (Å²) in [4.78, 5) is 0. The average molecular weight is 566 g/mol. The summed E-state index contributed by atoms with van der Waals surface area (Å²) < 4.78 is 5.21. The molecular weight excluding hydrogens is 539 g/mol. The van der Waals surface area contributed by atoms with Crippen LogP contribution in [-0.4, -0.2) is 4.57 Å². The van der Waals surface area contributed by atoms with E-state index < -0.39 is 0 Å². The molecule has 0 radical (unpaired) electrons. The van der Waals surface area contributed by atoms with Gasteiger partial charge in [0.2, 0.25) is 0 Å². The number of aromatic nitrogens is 1. The molecule has 0 unspecified atom stereocenters. The fourth-order valence-corrected chi connectivity index (χ4v) is 9.08. The van der Waals surface area contributed by atoms with Gasteiger partial charge in [-0.05, 0) is 80.2 Å². The monoisotopic (exact) mass is 565 g/mol. The van der Waals surface area contributed by atoms with Crippen molar-refractivity contribution in [3.05, 3.63) is 139 Å². The summed E-state index contributed by atoms with van der Waals surface area (Å²) in [5, 5.41) is 10.6. The van der Waals surface area contributed by atoms with Crippen LogP contribution in [0.4, 0.5) is 0 Å². The van der Waals surface area contributed by atoms with Gasteiger partial charge in [0.05, 0.1) is 11.0 Å². The molecular formula is C41H27NS. The molecule has 202 valence electrons. The lowest BCUT2D eigenvalue weighted by molar-refractivity contribution is 0.660. The maximum absolute atomic E-state index is 2.52. The molecule has 2 aromatic heterocycles. The van der Waals surface area contributed by atoms with Crippen molar-refractivity contribution in [1.29, 1.82) is 0 Å². The molecule has 0 fully saturated rings. The Morgan fingerprint density at radius 3 is 2.02 bits per heavy atom. The Labute approximate surface area is 253 Å². The Bertz CT molecular complexity index is 2650. The zero-order valence-corrected chi connectivity index (χ0v) is 24.8. The van der Waals surface area contributed by atoms with Gasteiger partial charge in [-0.15, -0.1) is 11.3 Å². The molecule has 2 heteroatoms. The first-order valence-electron chi connectivity index (χ1n) is 15.0. The molecule has 0 aliphatic heterocycles. The molecule has 0 N–H and O–H groups in total. The fourth-order valence-electron chi connectivity index (χ4n) is 7.94. The Morgan fingerprint density at radius 1 is 0.488 bits per heavy atom. The first kappa shape index (κ1) is 23.6. The van der Waals surface area contributed by atoms with Crippen molar-refractivity contribution < 1.29 is 0 Å². The Hall–Kier alpha value is -4.92. The number of thiophene rings is 1. The second-order valence-electron chi connectivity index (χ2n) is 12.5. The highest BCUT2D eigenvalue weighted by Gasteiger charge is 2.35. The summed E-state index contributed by atoms with van der Waals surface area (Å²) >= 11 is 1.91. The Morgan fingerprint density at radius 2 is 1.19 bits per heavy atom. The van der Waals surface area contributed by atoms with E-state index in [0.717, 1.165) is 0 Å². The van der Waals surface area contributed by atoms with Gasteiger partial charge in [0, 0.05) is 42.0 Å². The summed E-state index contributed by atoms with van der Waals surface area (Å²) in [6.45, 7) is 4.74. The standard InChI is InChI=1S/C41H27NS/c1-41(2)33-14-8-7-13-29(33)30-18-17-26(21-34(30)41)42-35-19-15-24-9-3-5-11-27(24)39(35)31-23-38-32(22-36(31)42)40-28-12-6-4-10-25(28)16-20-37(40)43-38/h3-23H,1-2H3. The van der Waals surface area contributed by atoms with Gasteiger partial charge in [0.25, 0.3) is 0 Å². The average Bonchev–Trinajstić information content (AvgIpc) is 3.65. The molecule has 0 spiro atoms. The second kappa shape index (κ2) is 8.12. The Balaban J connectivity index is 1.36. The van der Waals surface area contributed by atoms with Crippen molar-refractivity contribution in [3.8, 4) is 16.8 Å². The van der Waals surface area contributed by atoms with Crippen molar-refractivity contribution in [1.82, 2.24) is 4.57 Å². The lowest BCUT2D eigenvalue weighted by Gasteiger charge is -2.22. The van der Waals surface area contributed by atoms with Crippen molar-refractivity contribution in [2.75, 3.05) is 0 Å². The van der Waals surface area contributed by atoms with Crippen LogP contribution in [0, 0.1) is 0 Å². The number of hydrogen-bond donors (Lipinski definition) is 0. The van der Waals surface area contributed by atoms with Crippen LogP contribution in [0.3, 0.4) is 0 Å². The van der Waals surface area contributed by atoms with E-state index in [9.17, 15) is 0 Å². The van der Waals surface area contributed by atoms with Crippen LogP contribution in [0.25, 0.3) is 80.3 Å². The van der Waals surface area contributed by atoms with Gasteiger partial charge >= 0.3 is 0 Å². The van der Waals surface area contributed by atoms with Crippen LogP contribution in [0.2, 0.25) is 0 Å². The number of benzene rings is 7. The van der Waals surface area contributed by atoms with Crippen LogP contribution in [0.15, 0.2) is 127 Å². The molecule has 7 aromatic carbocycles. The molecule has 0 amide bonds. The smallest absolute Gasteiger partial charge is 0.0548 e. The van der Waals surface area contributed by atoms with Gasteiger partial charge in [0.1, 0.15) is 0 Å². The first-order chi connectivity index (χ1) is 21.1. The van der Waals surface area contributed by atoms with E-state index in [2.05, 4.69) is 146 Å². The van der Waals surface area contributed by atoms with Gasteiger partial charge in [-0.2, -0.15) is 0 Å². The second-order valence-corrected chi connectivity index (χ2v) is 13.6. The first-order valence-corrected chi connectivity index (χ1v) is 15.8. The lowest BCUT2D eigenvalue weighted by Crippen LogP contribution is -2.15. The molecule has 1 aliphatic carbocycles. The summed E-state index contributed by atoms with van der Waals surface area (Å²) in [5.74, 6) is 0. The zero-order chi connectivity index (χ0) is 28.4. The van der Waals surface area contributed by atoms with Crippen LogP contribution < -0.4 is 0 Å². The molecule has 0 saturated heterocycles. The summed E-state index contributed by atoms with van der Waals surface area (Å²) in [7, 11) is 0. The highest BCUT2D eigenvalue weighted by Crippen LogP contribution is 2.50. The van der Waals surface area contributed by atoms with Crippen molar-refractivity contribution in [2.45, 2.75) is 19.3 Å². The van der Waals surface area contributed by atoms with Crippen molar-refractivity contribution in [3.63, 3.8) is 0 Å². The maximum Gasteiger partial charge on any atom is 0.0548 e. The third-order valence-electron chi connectivity index (χ3n) is 9.96. The topological polar surface area (TPSA) is 4.93 Å². The van der Waals surface area contributed by atoms with E-state index in [0.29, 0.717) is 0 Å². The minimum absolute atomic E-state index is 0.0524. The minimum Gasteiger partial charge on any atom is -0.309 e. The molecule has 9 aromatic rings. The number of fused-ring (bicyclic) bond motifs is 13. The van der Waals surface area contributed by atoms with Crippen LogP contribution in [-0.2, 0) is 5.41 Å². The zero-order valence-electron chi connectivity index (χ0n) is 24.0. The predicted octanol–water partition coefficient (Wildman–Crippen LogP) is 11.8. The van der Waals surface area contributed by atoms with E-state index >= 15 is 0 Å². The minimum atomic E-state index is -0.0524. The maximum atomic E-state index is 2.52. The summed E-state index contributed by atoms with van der Waals surface area (Å²) in [5.41, 5.74) is 9.22. The van der Waals surface area contributed by atoms with Gasteiger partial charge < -0.3 is 4.57 Å². The van der Waals surface area contributed by atoms with E-state index in [1.807, 2.05) is 11.3 Å². The Kier molecular flexibility index (Phi) is 4.46. The molecule has 0 saturated carbocycles. The van der Waals surface area contributed by atoms with Gasteiger partial charge in [0.15, 0.2) is 0 Å². The highest BCUT2D eigenvalue weighted by molar-refractivity contribution is 7.26. The van der Waals surface area contributed by atoms with Gasteiger partial charge in [-0.25, -0.2) is 0 Å². The quantitative estimate of drug-likeness (QED) is 0.187. The lowest BCUT2D eigenvalue weighted by atomic mass is 9.82. The third kappa shape index (κ3) is 3.01. The fraction of sp³-hybridized carbons (Fsp3) is 0.0732. The summed E-state index contributed by atoms with van der Waals surface area (Å²) in [6, 6.07) is 47.8. The number of nitrogens with zero attached hydrogens (tertiary/aromatic N) is 1. The highest BCUT2D eigenvalue weighted by atomic mass is 32.1. The molecule has 1 nitrogen and oxygen atoms in total. The molecule has 0 atom stereocenters. The SMILES string of the molecule is CC1(C)c2ccccc2-c2ccc(-n3c4cc5c(cc4c4c6ccccc6ccc43)sc3ccc4ccccc4c35)cc21. The third-order valence-corrected chi connectivity index (χ3v) is 11.1. The molecule has 1 aliphatic rings. The normalized spacial score (nSPS) is 14.0. The molecule has 43 heavy (non-hydrogen) atoms. The van der Waals surface area contributed by atoms with E-state index in [4.69, 9.17) is 0 Å². The van der Waals surface area contributed by atoms with Crippen LogP contribution in [0.1, 0.15) is 25.0 Å². The number of hydrogen-bond acceptors (Lipinski definition) is 1. The summed E-state index contributed by atoms with van der Waals surface area (Å²) in [6.07, 6.45) is 0. The van der Waals surface area contributed by atoms with E-state index in [1.54, 1.807) is 0 Å². The van der Waals surface area contributed by atoms with Crippen LogP contribution >= 0.6 is 11.3 Å². The van der Waals surface area contributed by atoms with Gasteiger partial charge in [-0.3, -0.25) is 0 Å². The van der Waals surface area contributed by atoms with Crippen LogP contribution in [0.5, 0.6) is 0 Å². The number of rotatable bonds is 1. The predicted molar refractivity (Wildman–Crippen MR) is 186 cm³/mol. The van der Waals surface area contributed by atoms with Crippen molar-refractivity contribution in [2.24, 2.45) is 0 Å². The largest absolute Gasteiger partial charge is 0.309 e. The molecule has 10 rings (SSSR count). The van der Waals surface area contributed by atoms with E-state index in [-0.39, 0.29) is 5.41 Å². The van der Waals surface area contributed by atoms with Crippen molar-refractivity contribution >= 4 is 74.9 Å². The van der Waals surface area contributed by atoms with Gasteiger partial charge in [-0.1, -0.05) is 105 Å². The van der Waals surface area contributed by atoms with E-state index in [1.165, 1.54) is 91.5 Å². The molecule has 2 heterocycles.